The molecule has 1 aromatic rings. The Balaban J connectivity index is 2.00. The third kappa shape index (κ3) is 2.93. The Bertz CT molecular complexity index is 645. The van der Waals surface area contributed by atoms with Crippen LogP contribution in [0.4, 0.5) is 0 Å². The summed E-state index contributed by atoms with van der Waals surface area (Å²) in [7, 11) is -2.00. The highest BCUT2D eigenvalue weighted by atomic mass is 79.9. The van der Waals surface area contributed by atoms with E-state index in [4.69, 9.17) is 4.74 Å². The number of hydrogen-bond donors (Lipinski definition) is 0. The maximum absolute atomic E-state index is 13.2. The van der Waals surface area contributed by atoms with E-state index in [-0.39, 0.29) is 10.9 Å². The Morgan fingerprint density at radius 3 is 2.68 bits per heavy atom. The number of sulfonamides is 1. The highest BCUT2D eigenvalue weighted by molar-refractivity contribution is 9.10. The number of methoxy groups -OCH3 is 1. The Kier molecular flexibility index (Phi) is 4.80. The highest BCUT2D eigenvalue weighted by Crippen LogP contribution is 2.39. The van der Waals surface area contributed by atoms with Crippen LogP contribution in [0.1, 0.15) is 38.5 Å². The number of fused-ring (bicyclic) bond motifs is 1. The first kappa shape index (κ1) is 16.3. The van der Waals surface area contributed by atoms with Crippen LogP contribution in [0.3, 0.4) is 0 Å². The summed E-state index contributed by atoms with van der Waals surface area (Å²) in [4.78, 5) is 0.274. The number of nitrogens with zero attached hydrogens (tertiary/aromatic N) is 1. The molecule has 1 aliphatic carbocycles. The van der Waals surface area contributed by atoms with Gasteiger partial charge in [-0.05, 0) is 49.8 Å². The molecular formula is C16H22BrNO3S. The standard InChI is InChI=1S/C16H22BrNO3S/c1-21-15-9-8-13(17)11-16(15)22(19,20)18-10-4-6-12-5-2-3-7-14(12)18/h8-9,11-12,14H,2-7,10H2,1H3. The molecule has 1 saturated heterocycles. The molecule has 122 valence electrons. The average molecular weight is 388 g/mol. The SMILES string of the molecule is COc1ccc(Br)cc1S(=O)(=O)N1CCCC2CCCCC21. The molecule has 0 N–H and O–H groups in total. The second-order valence-electron chi connectivity index (χ2n) is 6.17. The van der Waals surface area contributed by atoms with Gasteiger partial charge >= 0.3 is 0 Å². The van der Waals surface area contributed by atoms with Crippen molar-refractivity contribution in [1.82, 2.24) is 4.31 Å². The quantitative estimate of drug-likeness (QED) is 0.791. The zero-order valence-electron chi connectivity index (χ0n) is 12.8. The van der Waals surface area contributed by atoms with Crippen molar-refractivity contribution in [3.05, 3.63) is 22.7 Å². The van der Waals surface area contributed by atoms with Crippen LogP contribution < -0.4 is 4.74 Å². The van der Waals surface area contributed by atoms with Gasteiger partial charge in [0.15, 0.2) is 0 Å². The van der Waals surface area contributed by atoms with E-state index in [1.807, 2.05) is 0 Å². The molecule has 2 unspecified atom stereocenters. The molecule has 1 aliphatic heterocycles. The molecule has 2 atom stereocenters. The van der Waals surface area contributed by atoms with Gasteiger partial charge in [-0.25, -0.2) is 8.42 Å². The van der Waals surface area contributed by atoms with E-state index >= 15 is 0 Å². The summed E-state index contributed by atoms with van der Waals surface area (Å²) in [5.41, 5.74) is 0. The van der Waals surface area contributed by atoms with Crippen molar-refractivity contribution in [1.29, 1.82) is 0 Å². The zero-order valence-corrected chi connectivity index (χ0v) is 15.2. The second-order valence-corrected chi connectivity index (χ2v) is 8.94. The van der Waals surface area contributed by atoms with Gasteiger partial charge in [0, 0.05) is 17.1 Å². The smallest absolute Gasteiger partial charge is 0.247 e. The molecule has 6 heteroatoms. The first-order chi connectivity index (χ1) is 10.5. The normalized spacial score (nSPS) is 26.5. The Morgan fingerprint density at radius 2 is 1.91 bits per heavy atom. The number of hydrogen-bond acceptors (Lipinski definition) is 3. The van der Waals surface area contributed by atoms with Gasteiger partial charge in [0.05, 0.1) is 7.11 Å². The van der Waals surface area contributed by atoms with Crippen LogP contribution in [-0.4, -0.2) is 32.4 Å². The van der Waals surface area contributed by atoms with E-state index in [2.05, 4.69) is 15.9 Å². The van der Waals surface area contributed by atoms with Gasteiger partial charge < -0.3 is 4.74 Å². The molecule has 0 aromatic heterocycles. The molecule has 1 saturated carbocycles. The Morgan fingerprint density at radius 1 is 1.18 bits per heavy atom. The van der Waals surface area contributed by atoms with Crippen molar-refractivity contribution in [3.63, 3.8) is 0 Å². The minimum absolute atomic E-state index is 0.163. The number of piperidine rings is 1. The molecule has 2 fully saturated rings. The van der Waals surface area contributed by atoms with E-state index in [0.29, 0.717) is 18.2 Å². The predicted octanol–water partition coefficient (Wildman–Crippen LogP) is 3.80. The molecule has 0 radical (unpaired) electrons. The average Bonchev–Trinajstić information content (AvgIpc) is 2.54. The highest BCUT2D eigenvalue weighted by Gasteiger charge is 2.40. The fraction of sp³-hybridized carbons (Fsp3) is 0.625. The van der Waals surface area contributed by atoms with E-state index in [1.165, 1.54) is 13.5 Å². The van der Waals surface area contributed by atoms with E-state index in [1.54, 1.807) is 22.5 Å². The summed E-state index contributed by atoms with van der Waals surface area (Å²) in [6.45, 7) is 0.624. The lowest BCUT2D eigenvalue weighted by atomic mass is 9.79. The first-order valence-corrected chi connectivity index (χ1v) is 10.1. The van der Waals surface area contributed by atoms with Crippen molar-refractivity contribution in [2.75, 3.05) is 13.7 Å². The van der Waals surface area contributed by atoms with Crippen LogP contribution in [-0.2, 0) is 10.0 Å². The third-order valence-corrected chi connectivity index (χ3v) is 7.34. The van der Waals surface area contributed by atoms with Crippen molar-refractivity contribution in [2.24, 2.45) is 5.92 Å². The van der Waals surface area contributed by atoms with Gasteiger partial charge in [-0.15, -0.1) is 0 Å². The number of halogens is 1. The molecule has 1 heterocycles. The topological polar surface area (TPSA) is 46.6 Å². The molecule has 3 rings (SSSR count). The first-order valence-electron chi connectivity index (χ1n) is 7.89. The monoisotopic (exact) mass is 387 g/mol. The summed E-state index contributed by atoms with van der Waals surface area (Å²) >= 11 is 3.37. The van der Waals surface area contributed by atoms with Crippen molar-refractivity contribution in [3.8, 4) is 5.75 Å². The van der Waals surface area contributed by atoms with E-state index in [9.17, 15) is 8.42 Å². The lowest BCUT2D eigenvalue weighted by molar-refractivity contribution is 0.129. The largest absolute Gasteiger partial charge is 0.495 e. The van der Waals surface area contributed by atoms with Gasteiger partial charge in [-0.3, -0.25) is 0 Å². The third-order valence-electron chi connectivity index (χ3n) is 4.90. The zero-order chi connectivity index (χ0) is 15.7. The summed E-state index contributed by atoms with van der Waals surface area (Å²) in [5.74, 6) is 0.941. The summed E-state index contributed by atoms with van der Waals surface area (Å²) < 4.78 is 34.2. The fourth-order valence-corrected chi connectivity index (χ4v) is 6.31. The summed E-state index contributed by atoms with van der Waals surface area (Å²) in [5, 5.41) is 0. The number of rotatable bonds is 3. The molecule has 4 nitrogen and oxygen atoms in total. The lowest BCUT2D eigenvalue weighted by Gasteiger charge is -2.43. The van der Waals surface area contributed by atoms with Gasteiger partial charge in [0.2, 0.25) is 10.0 Å². The van der Waals surface area contributed by atoms with Crippen LogP contribution in [0.2, 0.25) is 0 Å². The maximum atomic E-state index is 13.2. The van der Waals surface area contributed by atoms with Crippen LogP contribution in [0.25, 0.3) is 0 Å². The molecule has 22 heavy (non-hydrogen) atoms. The van der Waals surface area contributed by atoms with Crippen LogP contribution >= 0.6 is 15.9 Å². The molecule has 1 aromatic carbocycles. The second kappa shape index (κ2) is 6.49. The van der Waals surface area contributed by atoms with Gasteiger partial charge in [-0.1, -0.05) is 28.8 Å². The predicted molar refractivity (Wildman–Crippen MR) is 89.6 cm³/mol. The fourth-order valence-electron chi connectivity index (χ4n) is 3.86. The lowest BCUT2D eigenvalue weighted by Crippen LogP contribution is -2.49. The van der Waals surface area contributed by atoms with Gasteiger partial charge in [0.1, 0.15) is 10.6 Å². The molecule has 0 amide bonds. The number of ether oxygens (including phenoxy) is 1. The van der Waals surface area contributed by atoms with Gasteiger partial charge in [0.25, 0.3) is 0 Å². The number of benzene rings is 1. The Labute approximate surface area is 141 Å². The van der Waals surface area contributed by atoms with E-state index in [0.717, 1.165) is 36.6 Å². The van der Waals surface area contributed by atoms with Crippen LogP contribution in [0, 0.1) is 5.92 Å². The van der Waals surface area contributed by atoms with Gasteiger partial charge in [-0.2, -0.15) is 4.31 Å². The van der Waals surface area contributed by atoms with Crippen LogP contribution in [0.5, 0.6) is 5.75 Å². The van der Waals surface area contributed by atoms with Crippen molar-refractivity contribution >= 4 is 26.0 Å². The minimum atomic E-state index is -3.52. The minimum Gasteiger partial charge on any atom is -0.495 e. The van der Waals surface area contributed by atoms with Crippen LogP contribution in [0.15, 0.2) is 27.6 Å². The molecule has 0 bridgehead atoms. The molecule has 0 spiro atoms. The van der Waals surface area contributed by atoms with Crippen molar-refractivity contribution < 1.29 is 13.2 Å². The molecule has 2 aliphatic rings. The van der Waals surface area contributed by atoms with Crippen molar-refractivity contribution in [2.45, 2.75) is 49.5 Å². The summed E-state index contributed by atoms with van der Waals surface area (Å²) in [6.07, 6.45) is 6.62. The summed E-state index contributed by atoms with van der Waals surface area (Å²) in [6, 6.07) is 5.33. The van der Waals surface area contributed by atoms with E-state index < -0.39 is 10.0 Å². The maximum Gasteiger partial charge on any atom is 0.247 e. The Hall–Kier alpha value is -0.590. The molecular weight excluding hydrogens is 366 g/mol.